The lowest BCUT2D eigenvalue weighted by Crippen LogP contribution is -2.58. The van der Waals surface area contributed by atoms with Gasteiger partial charge in [0.2, 0.25) is 0 Å². The molecule has 0 spiro atoms. The number of nitrogens with zero attached hydrogens (tertiary/aromatic N) is 2. The number of fused-ring (bicyclic) bond motifs is 1. The number of rotatable bonds is 2. The zero-order valence-electron chi connectivity index (χ0n) is 9.28. The first-order chi connectivity index (χ1) is 6.81. The summed E-state index contributed by atoms with van der Waals surface area (Å²) in [6, 6.07) is 1.54. The van der Waals surface area contributed by atoms with E-state index in [1.165, 1.54) is 38.9 Å². The van der Waals surface area contributed by atoms with Gasteiger partial charge in [0.05, 0.1) is 0 Å². The first kappa shape index (κ1) is 10.2. The lowest BCUT2D eigenvalue weighted by atomic mass is 9.97. The third kappa shape index (κ3) is 2.01. The van der Waals surface area contributed by atoms with E-state index in [2.05, 4.69) is 23.3 Å². The molecular formula is C12H22N2. The summed E-state index contributed by atoms with van der Waals surface area (Å²) >= 11 is 0. The van der Waals surface area contributed by atoms with Gasteiger partial charge in [-0.1, -0.05) is 12.5 Å². The minimum atomic E-state index is 0.711. The maximum Gasteiger partial charge on any atom is 0.0224 e. The molecule has 80 valence electrons. The highest BCUT2D eigenvalue weighted by atomic mass is 15.3. The molecule has 14 heavy (non-hydrogen) atoms. The van der Waals surface area contributed by atoms with Gasteiger partial charge in [0.1, 0.15) is 0 Å². The second kappa shape index (κ2) is 4.45. The maximum absolute atomic E-state index is 3.84. The van der Waals surface area contributed by atoms with Gasteiger partial charge in [0.25, 0.3) is 0 Å². The average Bonchev–Trinajstić information content (AvgIpc) is 2.19. The van der Waals surface area contributed by atoms with Gasteiger partial charge < -0.3 is 0 Å². The van der Waals surface area contributed by atoms with Gasteiger partial charge in [-0.2, -0.15) is 0 Å². The van der Waals surface area contributed by atoms with Crippen molar-refractivity contribution in [1.82, 2.24) is 9.80 Å². The molecular weight excluding hydrogens is 172 g/mol. The van der Waals surface area contributed by atoms with E-state index in [9.17, 15) is 0 Å². The molecule has 2 aliphatic heterocycles. The average molecular weight is 194 g/mol. The van der Waals surface area contributed by atoms with E-state index in [1.54, 1.807) is 0 Å². The van der Waals surface area contributed by atoms with Crippen LogP contribution < -0.4 is 0 Å². The van der Waals surface area contributed by atoms with Gasteiger partial charge in [0.15, 0.2) is 0 Å². The van der Waals surface area contributed by atoms with Gasteiger partial charge in [-0.05, 0) is 26.3 Å². The van der Waals surface area contributed by atoms with Crippen LogP contribution in [-0.4, -0.2) is 48.1 Å². The summed E-state index contributed by atoms with van der Waals surface area (Å²) < 4.78 is 0. The predicted molar refractivity (Wildman–Crippen MR) is 60.4 cm³/mol. The highest BCUT2D eigenvalue weighted by Gasteiger charge is 2.31. The van der Waals surface area contributed by atoms with Gasteiger partial charge in [-0.25, -0.2) is 0 Å². The summed E-state index contributed by atoms with van der Waals surface area (Å²) in [6.45, 7) is 11.1. The molecule has 0 saturated carbocycles. The minimum absolute atomic E-state index is 0.711. The Balaban J connectivity index is 1.95. The molecule has 0 aliphatic carbocycles. The number of piperidine rings is 1. The van der Waals surface area contributed by atoms with Gasteiger partial charge in [-0.3, -0.25) is 9.80 Å². The second-order valence-corrected chi connectivity index (χ2v) is 4.74. The Kier molecular flexibility index (Phi) is 3.24. The van der Waals surface area contributed by atoms with Crippen molar-refractivity contribution in [3.63, 3.8) is 0 Å². The summed E-state index contributed by atoms with van der Waals surface area (Å²) in [4.78, 5) is 5.26. The highest BCUT2D eigenvalue weighted by molar-refractivity contribution is 4.91. The Morgan fingerprint density at radius 1 is 1.36 bits per heavy atom. The van der Waals surface area contributed by atoms with E-state index in [4.69, 9.17) is 0 Å². The third-order valence-corrected chi connectivity index (χ3v) is 3.68. The topological polar surface area (TPSA) is 6.48 Å². The Hall–Kier alpha value is -0.340. The highest BCUT2D eigenvalue weighted by Crippen LogP contribution is 2.23. The van der Waals surface area contributed by atoms with Gasteiger partial charge in [-0.15, -0.1) is 6.58 Å². The van der Waals surface area contributed by atoms with Crippen molar-refractivity contribution in [1.29, 1.82) is 0 Å². The Morgan fingerprint density at radius 3 is 3.00 bits per heavy atom. The van der Waals surface area contributed by atoms with Crippen molar-refractivity contribution < 1.29 is 0 Å². The summed E-state index contributed by atoms with van der Waals surface area (Å²) in [6.07, 6.45) is 6.28. The largest absolute Gasteiger partial charge is 0.298 e. The summed E-state index contributed by atoms with van der Waals surface area (Å²) in [5.74, 6) is 0. The van der Waals surface area contributed by atoms with E-state index >= 15 is 0 Å². The predicted octanol–water partition coefficient (Wildman–Crippen LogP) is 1.73. The smallest absolute Gasteiger partial charge is 0.0224 e. The van der Waals surface area contributed by atoms with Crippen molar-refractivity contribution in [3.05, 3.63) is 12.7 Å². The molecule has 2 heteroatoms. The van der Waals surface area contributed by atoms with Crippen LogP contribution in [0.1, 0.15) is 26.2 Å². The molecule has 2 nitrogen and oxygen atoms in total. The van der Waals surface area contributed by atoms with Crippen molar-refractivity contribution in [3.8, 4) is 0 Å². The second-order valence-electron chi connectivity index (χ2n) is 4.74. The lowest BCUT2D eigenvalue weighted by molar-refractivity contribution is 0.0216. The number of hydrogen-bond acceptors (Lipinski definition) is 2. The zero-order chi connectivity index (χ0) is 9.97. The van der Waals surface area contributed by atoms with Crippen LogP contribution in [-0.2, 0) is 0 Å². The third-order valence-electron chi connectivity index (χ3n) is 3.68. The molecule has 2 saturated heterocycles. The van der Waals surface area contributed by atoms with Gasteiger partial charge in [0, 0.05) is 31.7 Å². The first-order valence-corrected chi connectivity index (χ1v) is 5.90. The van der Waals surface area contributed by atoms with E-state index in [-0.39, 0.29) is 0 Å². The fourth-order valence-corrected chi connectivity index (χ4v) is 2.83. The standard InChI is InChI=1S/C12H22N2/c1-3-7-13-10-12-6-4-5-8-14(12)9-11(13)2/h3,11-12H,1,4-10H2,2H3. The van der Waals surface area contributed by atoms with E-state index in [1.807, 2.05) is 6.08 Å². The molecule has 0 aromatic heterocycles. The molecule has 0 N–H and O–H groups in total. The zero-order valence-corrected chi connectivity index (χ0v) is 9.28. The van der Waals surface area contributed by atoms with E-state index in [0.29, 0.717) is 6.04 Å². The molecule has 2 unspecified atom stereocenters. The normalized spacial score (nSPS) is 35.2. The van der Waals surface area contributed by atoms with Crippen LogP contribution >= 0.6 is 0 Å². The minimum Gasteiger partial charge on any atom is -0.298 e. The van der Waals surface area contributed by atoms with Crippen LogP contribution in [0.15, 0.2) is 12.7 Å². The Labute approximate surface area is 87.6 Å². The monoisotopic (exact) mass is 194 g/mol. The van der Waals surface area contributed by atoms with Crippen LogP contribution in [0.4, 0.5) is 0 Å². The van der Waals surface area contributed by atoms with Crippen LogP contribution in [0.2, 0.25) is 0 Å². The lowest BCUT2D eigenvalue weighted by Gasteiger charge is -2.47. The molecule has 2 fully saturated rings. The molecule has 0 radical (unpaired) electrons. The van der Waals surface area contributed by atoms with Crippen molar-refractivity contribution >= 4 is 0 Å². The molecule has 0 amide bonds. The molecule has 0 bridgehead atoms. The van der Waals surface area contributed by atoms with Crippen molar-refractivity contribution in [2.75, 3.05) is 26.2 Å². The number of piperazine rings is 1. The molecule has 2 aliphatic rings. The summed E-state index contributed by atoms with van der Waals surface area (Å²) in [5, 5.41) is 0. The first-order valence-electron chi connectivity index (χ1n) is 5.90. The van der Waals surface area contributed by atoms with Crippen molar-refractivity contribution in [2.45, 2.75) is 38.3 Å². The van der Waals surface area contributed by atoms with E-state index < -0.39 is 0 Å². The Bertz CT molecular complexity index is 202. The quantitative estimate of drug-likeness (QED) is 0.618. The van der Waals surface area contributed by atoms with Crippen LogP contribution in [0, 0.1) is 0 Å². The number of hydrogen-bond donors (Lipinski definition) is 0. The Morgan fingerprint density at radius 2 is 2.21 bits per heavy atom. The van der Waals surface area contributed by atoms with E-state index in [0.717, 1.165) is 12.6 Å². The maximum atomic E-state index is 3.84. The molecule has 2 atom stereocenters. The van der Waals surface area contributed by atoms with Gasteiger partial charge >= 0.3 is 0 Å². The molecule has 0 aromatic carbocycles. The van der Waals surface area contributed by atoms with Crippen LogP contribution in [0.3, 0.4) is 0 Å². The molecule has 2 rings (SSSR count). The molecule has 0 aromatic rings. The SMILES string of the molecule is C=CCN1CC2CCCCN2CC1C. The van der Waals surface area contributed by atoms with Crippen LogP contribution in [0.5, 0.6) is 0 Å². The fraction of sp³-hybridized carbons (Fsp3) is 0.833. The summed E-state index contributed by atoms with van der Waals surface area (Å²) in [5.41, 5.74) is 0. The van der Waals surface area contributed by atoms with Crippen molar-refractivity contribution in [2.24, 2.45) is 0 Å². The fourth-order valence-electron chi connectivity index (χ4n) is 2.83. The molecule has 2 heterocycles. The van der Waals surface area contributed by atoms with Crippen LogP contribution in [0.25, 0.3) is 0 Å². The summed E-state index contributed by atoms with van der Waals surface area (Å²) in [7, 11) is 0.